The number of aromatic nitrogens is 2. The van der Waals surface area contributed by atoms with Crippen molar-refractivity contribution in [3.8, 4) is 0 Å². The topological polar surface area (TPSA) is 76.0 Å². The highest BCUT2D eigenvalue weighted by Gasteiger charge is 2.20. The molecule has 2 amide bonds. The minimum atomic E-state index is -0.394. The first kappa shape index (κ1) is 18.4. The number of amides is 2. The summed E-state index contributed by atoms with van der Waals surface area (Å²) in [5.41, 5.74) is 2.45. The van der Waals surface area contributed by atoms with E-state index in [1.165, 1.54) is 0 Å². The number of nitrogens with one attached hydrogen (secondary N) is 2. The molecule has 0 saturated carbocycles. The Balaban J connectivity index is 1.68. The Hall–Kier alpha value is -3.41. The third kappa shape index (κ3) is 4.61. The summed E-state index contributed by atoms with van der Waals surface area (Å²) in [5.74, 6) is 0.162. The highest BCUT2D eigenvalue weighted by Crippen LogP contribution is 2.19. The van der Waals surface area contributed by atoms with E-state index in [0.29, 0.717) is 5.56 Å². The molecule has 0 radical (unpaired) electrons. The number of aryl methyl sites for hydroxylation is 2. The standard InChI is InChI=1S/C21H22N4O2/c1-15-7-6-10-17(13-15)21(27)23-14-18(26)24-19(16-8-4-3-5-9-16)20-22-11-12-25(20)2/h3-13,19H,14H2,1-2H3,(H,23,27)(H,24,26). The molecule has 0 fully saturated rings. The van der Waals surface area contributed by atoms with Gasteiger partial charge in [0.1, 0.15) is 11.9 Å². The molecule has 0 aliphatic rings. The zero-order valence-corrected chi connectivity index (χ0v) is 15.3. The van der Waals surface area contributed by atoms with Gasteiger partial charge in [-0.2, -0.15) is 0 Å². The number of hydrogen-bond acceptors (Lipinski definition) is 3. The van der Waals surface area contributed by atoms with E-state index in [0.717, 1.165) is 17.0 Å². The number of nitrogens with zero attached hydrogens (tertiary/aromatic N) is 2. The summed E-state index contributed by atoms with van der Waals surface area (Å²) >= 11 is 0. The second kappa shape index (κ2) is 8.31. The molecular formula is C21H22N4O2. The fourth-order valence-corrected chi connectivity index (χ4v) is 2.86. The molecule has 1 aromatic heterocycles. The molecule has 1 heterocycles. The van der Waals surface area contributed by atoms with Gasteiger partial charge in [-0.3, -0.25) is 9.59 Å². The van der Waals surface area contributed by atoms with E-state index in [1.807, 2.05) is 67.2 Å². The highest BCUT2D eigenvalue weighted by atomic mass is 16.2. The van der Waals surface area contributed by atoms with Gasteiger partial charge < -0.3 is 15.2 Å². The van der Waals surface area contributed by atoms with Gasteiger partial charge in [-0.15, -0.1) is 0 Å². The first-order valence-corrected chi connectivity index (χ1v) is 8.71. The Morgan fingerprint density at radius 3 is 2.56 bits per heavy atom. The molecule has 0 bridgehead atoms. The van der Waals surface area contributed by atoms with E-state index in [9.17, 15) is 9.59 Å². The van der Waals surface area contributed by atoms with Gasteiger partial charge in [0, 0.05) is 25.0 Å². The lowest BCUT2D eigenvalue weighted by Crippen LogP contribution is -2.39. The molecule has 0 saturated heterocycles. The van der Waals surface area contributed by atoms with Crippen molar-refractivity contribution >= 4 is 11.8 Å². The summed E-state index contributed by atoms with van der Waals surface area (Å²) in [7, 11) is 1.88. The summed E-state index contributed by atoms with van der Waals surface area (Å²) in [5, 5.41) is 5.62. The van der Waals surface area contributed by atoms with Gasteiger partial charge in [0.2, 0.25) is 5.91 Å². The number of carbonyl (C=O) groups excluding carboxylic acids is 2. The van der Waals surface area contributed by atoms with Gasteiger partial charge in [0.05, 0.1) is 6.54 Å². The summed E-state index contributed by atoms with van der Waals surface area (Å²) in [6.07, 6.45) is 3.52. The summed E-state index contributed by atoms with van der Waals surface area (Å²) in [4.78, 5) is 29.1. The molecule has 0 spiro atoms. The van der Waals surface area contributed by atoms with Crippen LogP contribution >= 0.6 is 0 Å². The molecule has 27 heavy (non-hydrogen) atoms. The van der Waals surface area contributed by atoms with E-state index >= 15 is 0 Å². The lowest BCUT2D eigenvalue weighted by molar-refractivity contribution is -0.120. The van der Waals surface area contributed by atoms with Crippen LogP contribution in [0.4, 0.5) is 0 Å². The van der Waals surface area contributed by atoms with Crippen molar-refractivity contribution in [2.45, 2.75) is 13.0 Å². The van der Waals surface area contributed by atoms with Gasteiger partial charge in [-0.1, -0.05) is 48.0 Å². The fraction of sp³-hybridized carbons (Fsp3) is 0.190. The number of rotatable bonds is 6. The van der Waals surface area contributed by atoms with Crippen LogP contribution in [0.15, 0.2) is 67.0 Å². The molecular weight excluding hydrogens is 340 g/mol. The van der Waals surface area contributed by atoms with Gasteiger partial charge in [-0.05, 0) is 24.6 Å². The average molecular weight is 362 g/mol. The van der Waals surface area contributed by atoms with E-state index in [4.69, 9.17) is 0 Å². The fourth-order valence-electron chi connectivity index (χ4n) is 2.86. The van der Waals surface area contributed by atoms with Crippen molar-refractivity contribution in [1.29, 1.82) is 0 Å². The van der Waals surface area contributed by atoms with E-state index in [-0.39, 0.29) is 18.4 Å². The molecule has 2 N–H and O–H groups in total. The maximum Gasteiger partial charge on any atom is 0.251 e. The lowest BCUT2D eigenvalue weighted by Gasteiger charge is -2.19. The van der Waals surface area contributed by atoms with E-state index in [1.54, 1.807) is 18.3 Å². The molecule has 1 atom stereocenters. The van der Waals surface area contributed by atoms with Crippen LogP contribution in [0.5, 0.6) is 0 Å². The zero-order valence-electron chi connectivity index (χ0n) is 15.3. The van der Waals surface area contributed by atoms with Crippen molar-refractivity contribution < 1.29 is 9.59 Å². The Bertz CT molecular complexity index is 934. The Morgan fingerprint density at radius 2 is 1.89 bits per heavy atom. The van der Waals surface area contributed by atoms with Crippen LogP contribution in [0.1, 0.15) is 33.4 Å². The highest BCUT2D eigenvalue weighted by molar-refractivity contribution is 5.96. The maximum atomic E-state index is 12.5. The van der Waals surface area contributed by atoms with Crippen LogP contribution < -0.4 is 10.6 Å². The van der Waals surface area contributed by atoms with Crippen LogP contribution in [0.3, 0.4) is 0 Å². The minimum absolute atomic E-state index is 0.111. The first-order valence-electron chi connectivity index (χ1n) is 8.71. The van der Waals surface area contributed by atoms with E-state index in [2.05, 4.69) is 15.6 Å². The molecule has 138 valence electrons. The molecule has 0 aliphatic heterocycles. The number of imidazole rings is 1. The van der Waals surface area contributed by atoms with Crippen molar-refractivity contribution in [2.24, 2.45) is 7.05 Å². The van der Waals surface area contributed by atoms with Gasteiger partial charge in [0.15, 0.2) is 0 Å². The average Bonchev–Trinajstić information content (AvgIpc) is 3.10. The Labute approximate surface area is 158 Å². The molecule has 1 unspecified atom stereocenters. The maximum absolute atomic E-state index is 12.5. The van der Waals surface area contributed by atoms with E-state index < -0.39 is 6.04 Å². The third-order valence-electron chi connectivity index (χ3n) is 4.24. The molecule has 6 heteroatoms. The number of benzene rings is 2. The van der Waals surface area contributed by atoms with Crippen LogP contribution in [0, 0.1) is 6.92 Å². The molecule has 3 rings (SSSR count). The predicted octanol–water partition coefficient (Wildman–Crippen LogP) is 2.36. The summed E-state index contributed by atoms with van der Waals surface area (Å²) in [6, 6.07) is 16.5. The zero-order chi connectivity index (χ0) is 19.2. The SMILES string of the molecule is Cc1cccc(C(=O)NCC(=O)NC(c2ccccc2)c2nccn2C)c1. The second-order valence-corrected chi connectivity index (χ2v) is 6.36. The number of carbonyl (C=O) groups is 2. The molecule has 0 aliphatic carbocycles. The summed E-state index contributed by atoms with van der Waals surface area (Å²) in [6.45, 7) is 1.81. The monoisotopic (exact) mass is 362 g/mol. The van der Waals surface area contributed by atoms with Crippen LogP contribution in [-0.4, -0.2) is 27.9 Å². The van der Waals surface area contributed by atoms with Gasteiger partial charge in [0.25, 0.3) is 5.91 Å². The Morgan fingerprint density at radius 1 is 1.11 bits per heavy atom. The summed E-state index contributed by atoms with van der Waals surface area (Å²) < 4.78 is 1.86. The quantitative estimate of drug-likeness (QED) is 0.707. The number of hydrogen-bond donors (Lipinski definition) is 2. The minimum Gasteiger partial charge on any atom is -0.343 e. The van der Waals surface area contributed by atoms with Crippen LogP contribution in [-0.2, 0) is 11.8 Å². The van der Waals surface area contributed by atoms with Crippen LogP contribution in [0.25, 0.3) is 0 Å². The Kier molecular flexibility index (Phi) is 5.66. The largest absolute Gasteiger partial charge is 0.343 e. The van der Waals surface area contributed by atoms with Gasteiger partial charge in [-0.25, -0.2) is 4.98 Å². The smallest absolute Gasteiger partial charge is 0.251 e. The normalized spacial score (nSPS) is 11.6. The predicted molar refractivity (Wildman–Crippen MR) is 103 cm³/mol. The van der Waals surface area contributed by atoms with Crippen molar-refractivity contribution in [2.75, 3.05) is 6.54 Å². The van der Waals surface area contributed by atoms with Crippen LogP contribution in [0.2, 0.25) is 0 Å². The van der Waals surface area contributed by atoms with Crippen molar-refractivity contribution in [3.05, 3.63) is 89.5 Å². The van der Waals surface area contributed by atoms with Gasteiger partial charge >= 0.3 is 0 Å². The third-order valence-corrected chi connectivity index (χ3v) is 4.24. The molecule has 2 aromatic carbocycles. The molecule has 3 aromatic rings. The second-order valence-electron chi connectivity index (χ2n) is 6.36. The van der Waals surface area contributed by atoms with Crippen molar-refractivity contribution in [1.82, 2.24) is 20.2 Å². The molecule has 6 nitrogen and oxygen atoms in total. The van der Waals surface area contributed by atoms with Crippen molar-refractivity contribution in [3.63, 3.8) is 0 Å². The first-order chi connectivity index (χ1) is 13.0. The lowest BCUT2D eigenvalue weighted by atomic mass is 10.1.